The van der Waals surface area contributed by atoms with E-state index in [9.17, 15) is 18.4 Å². The average molecular weight is 258 g/mol. The molecule has 0 amide bonds. The summed E-state index contributed by atoms with van der Waals surface area (Å²) in [4.78, 5) is 22.7. The number of benzene rings is 1. The molecule has 0 fully saturated rings. The van der Waals surface area contributed by atoms with Gasteiger partial charge in [-0.1, -0.05) is 0 Å². The van der Waals surface area contributed by atoms with E-state index in [2.05, 4.69) is 4.74 Å². The molecule has 4 nitrogen and oxygen atoms in total. The van der Waals surface area contributed by atoms with Gasteiger partial charge in [0.15, 0.2) is 0 Å². The van der Waals surface area contributed by atoms with Crippen molar-refractivity contribution < 1.29 is 27.8 Å². The van der Waals surface area contributed by atoms with Crippen LogP contribution in [-0.2, 0) is 9.53 Å². The van der Waals surface area contributed by atoms with E-state index in [1.165, 1.54) is 19.2 Å². The van der Waals surface area contributed by atoms with Crippen LogP contribution in [-0.4, -0.2) is 25.5 Å². The van der Waals surface area contributed by atoms with E-state index in [-0.39, 0.29) is 17.9 Å². The van der Waals surface area contributed by atoms with Crippen molar-refractivity contribution in [3.63, 3.8) is 0 Å². The Morgan fingerprint density at radius 3 is 2.50 bits per heavy atom. The lowest BCUT2D eigenvalue weighted by molar-refractivity contribution is -0.137. The first-order valence-corrected chi connectivity index (χ1v) is 5.18. The fourth-order valence-corrected chi connectivity index (χ4v) is 1.36. The monoisotopic (exact) mass is 258 g/mol. The number of halogens is 2. The molecule has 98 valence electrons. The quantitative estimate of drug-likeness (QED) is 0.462. The van der Waals surface area contributed by atoms with E-state index in [1.807, 2.05) is 0 Å². The molecule has 0 spiro atoms. The summed E-state index contributed by atoms with van der Waals surface area (Å²) in [6, 6.07) is 3.39. The zero-order valence-corrected chi connectivity index (χ0v) is 9.91. The third-order valence-electron chi connectivity index (χ3n) is 2.19. The van der Waals surface area contributed by atoms with Crippen LogP contribution >= 0.6 is 0 Å². The van der Waals surface area contributed by atoms with Crippen LogP contribution in [0.1, 0.15) is 29.3 Å². The van der Waals surface area contributed by atoms with Crippen molar-refractivity contribution in [1.82, 2.24) is 0 Å². The number of ketones is 1. The highest BCUT2D eigenvalue weighted by molar-refractivity contribution is 6.40. The van der Waals surface area contributed by atoms with Gasteiger partial charge in [0.2, 0.25) is 0 Å². The van der Waals surface area contributed by atoms with Crippen molar-refractivity contribution >= 4 is 11.8 Å². The summed E-state index contributed by atoms with van der Waals surface area (Å²) in [5.41, 5.74) is -0.586. The molecule has 0 radical (unpaired) electrons. The van der Waals surface area contributed by atoms with Crippen molar-refractivity contribution in [1.29, 1.82) is 0 Å². The summed E-state index contributed by atoms with van der Waals surface area (Å²) < 4.78 is 34.6. The molecule has 1 aromatic rings. The van der Waals surface area contributed by atoms with E-state index in [4.69, 9.17) is 4.74 Å². The molecular formula is C12H12F2O4. The number of hydrogen-bond donors (Lipinski definition) is 0. The van der Waals surface area contributed by atoms with E-state index in [0.717, 1.165) is 6.07 Å². The zero-order chi connectivity index (χ0) is 13.7. The summed E-state index contributed by atoms with van der Waals surface area (Å²) in [5.74, 6) is -2.06. The number of esters is 1. The Hall–Kier alpha value is -1.98. The Kier molecular flexibility index (Phi) is 4.76. The summed E-state index contributed by atoms with van der Waals surface area (Å²) in [5, 5.41) is 0. The molecule has 0 saturated heterocycles. The molecule has 18 heavy (non-hydrogen) atoms. The van der Waals surface area contributed by atoms with Crippen LogP contribution in [0.25, 0.3) is 0 Å². The number of Topliss-reactive ketones (excluding diaryl/α,β-unsaturated/α-hetero) is 1. The lowest BCUT2D eigenvalue weighted by Crippen LogP contribution is -2.17. The minimum absolute atomic E-state index is 0.0367. The van der Waals surface area contributed by atoms with Crippen molar-refractivity contribution in [2.24, 2.45) is 0 Å². The van der Waals surface area contributed by atoms with E-state index >= 15 is 0 Å². The van der Waals surface area contributed by atoms with Gasteiger partial charge in [-0.2, -0.15) is 0 Å². The van der Waals surface area contributed by atoms with Gasteiger partial charge in [0.05, 0.1) is 19.3 Å². The molecule has 0 unspecified atom stereocenters. The van der Waals surface area contributed by atoms with Crippen molar-refractivity contribution in [2.75, 3.05) is 13.7 Å². The Labute approximate surface area is 103 Å². The van der Waals surface area contributed by atoms with Crippen LogP contribution < -0.4 is 4.74 Å². The zero-order valence-electron chi connectivity index (χ0n) is 9.91. The Bertz CT molecular complexity index is 457. The largest absolute Gasteiger partial charge is 0.496 e. The first-order chi connectivity index (χ1) is 8.51. The van der Waals surface area contributed by atoms with Crippen LogP contribution in [0.3, 0.4) is 0 Å². The molecule has 0 atom stereocenters. The molecule has 0 aliphatic carbocycles. The highest BCUT2D eigenvalue weighted by Crippen LogP contribution is 2.29. The van der Waals surface area contributed by atoms with E-state index in [1.54, 1.807) is 6.92 Å². The number of carbonyl (C=O) groups excluding carboxylic acids is 2. The lowest BCUT2D eigenvalue weighted by atomic mass is 10.1. The highest BCUT2D eigenvalue weighted by Gasteiger charge is 2.21. The molecule has 6 heteroatoms. The second kappa shape index (κ2) is 6.09. The van der Waals surface area contributed by atoms with Crippen LogP contribution in [0, 0.1) is 0 Å². The second-order valence-corrected chi connectivity index (χ2v) is 3.31. The van der Waals surface area contributed by atoms with Gasteiger partial charge >= 0.3 is 5.97 Å². The predicted molar refractivity (Wildman–Crippen MR) is 58.9 cm³/mol. The molecule has 1 rings (SSSR count). The standard InChI is InChI=1S/C12H12F2O4/c1-3-18-12(16)10(15)7-4-5-9(17-2)8(6-7)11(13)14/h4-6,11H,3H2,1-2H3. The van der Waals surface area contributed by atoms with Crippen molar-refractivity contribution in [3.8, 4) is 5.75 Å². The third kappa shape index (κ3) is 3.03. The van der Waals surface area contributed by atoms with Gasteiger partial charge in [-0.05, 0) is 25.1 Å². The highest BCUT2D eigenvalue weighted by atomic mass is 19.3. The Balaban J connectivity index is 3.08. The summed E-state index contributed by atoms with van der Waals surface area (Å²) in [7, 11) is 1.24. The molecular weight excluding hydrogens is 246 g/mol. The molecule has 0 aromatic heterocycles. The average Bonchev–Trinajstić information content (AvgIpc) is 2.37. The number of ether oxygens (including phenoxy) is 2. The van der Waals surface area contributed by atoms with Gasteiger partial charge in [0.25, 0.3) is 12.2 Å². The summed E-state index contributed by atoms with van der Waals surface area (Å²) in [6.07, 6.45) is -2.80. The maximum Gasteiger partial charge on any atom is 0.379 e. The lowest BCUT2D eigenvalue weighted by Gasteiger charge is -2.09. The number of hydrogen-bond acceptors (Lipinski definition) is 4. The third-order valence-corrected chi connectivity index (χ3v) is 2.19. The van der Waals surface area contributed by atoms with Crippen molar-refractivity contribution in [2.45, 2.75) is 13.3 Å². The van der Waals surface area contributed by atoms with Crippen LogP contribution in [0.2, 0.25) is 0 Å². The SMILES string of the molecule is CCOC(=O)C(=O)c1ccc(OC)c(C(F)F)c1. The topological polar surface area (TPSA) is 52.6 Å². The van der Waals surface area contributed by atoms with Gasteiger partial charge in [-0.25, -0.2) is 13.6 Å². The fourth-order valence-electron chi connectivity index (χ4n) is 1.36. The van der Waals surface area contributed by atoms with Crippen LogP contribution in [0.4, 0.5) is 8.78 Å². The maximum absolute atomic E-state index is 12.7. The second-order valence-electron chi connectivity index (χ2n) is 3.31. The first kappa shape index (κ1) is 14.1. The smallest absolute Gasteiger partial charge is 0.379 e. The molecule has 0 aliphatic rings. The molecule has 0 bridgehead atoms. The molecule has 0 heterocycles. The van der Waals surface area contributed by atoms with Crippen molar-refractivity contribution in [3.05, 3.63) is 29.3 Å². The van der Waals surface area contributed by atoms with Gasteiger partial charge in [-0.15, -0.1) is 0 Å². The number of carbonyl (C=O) groups is 2. The normalized spacial score (nSPS) is 10.3. The summed E-state index contributed by atoms with van der Waals surface area (Å²) >= 11 is 0. The van der Waals surface area contributed by atoms with Gasteiger partial charge in [0, 0.05) is 5.56 Å². The number of methoxy groups -OCH3 is 1. The Morgan fingerprint density at radius 2 is 2.00 bits per heavy atom. The Morgan fingerprint density at radius 1 is 1.33 bits per heavy atom. The fraction of sp³-hybridized carbons (Fsp3) is 0.333. The van der Waals surface area contributed by atoms with E-state index in [0.29, 0.717) is 0 Å². The number of rotatable bonds is 5. The molecule has 0 N–H and O–H groups in total. The van der Waals surface area contributed by atoms with Crippen LogP contribution in [0.5, 0.6) is 5.75 Å². The summed E-state index contributed by atoms with van der Waals surface area (Å²) in [6.45, 7) is 1.59. The van der Waals surface area contributed by atoms with Gasteiger partial charge in [-0.3, -0.25) is 4.79 Å². The van der Waals surface area contributed by atoms with Gasteiger partial charge < -0.3 is 9.47 Å². The minimum atomic E-state index is -2.80. The van der Waals surface area contributed by atoms with E-state index < -0.39 is 23.7 Å². The first-order valence-electron chi connectivity index (χ1n) is 5.18. The molecule has 0 saturated carbocycles. The predicted octanol–water partition coefficient (Wildman–Crippen LogP) is 2.38. The maximum atomic E-state index is 12.7. The molecule has 1 aromatic carbocycles. The molecule has 0 aliphatic heterocycles. The van der Waals surface area contributed by atoms with Gasteiger partial charge in [0.1, 0.15) is 5.75 Å². The number of alkyl halides is 2. The van der Waals surface area contributed by atoms with Crippen LogP contribution in [0.15, 0.2) is 18.2 Å². The minimum Gasteiger partial charge on any atom is -0.496 e.